The molecule has 3 rings (SSSR count). The second kappa shape index (κ2) is 8.39. The molecule has 27 heavy (non-hydrogen) atoms. The van der Waals surface area contributed by atoms with Crippen LogP contribution in [0.25, 0.3) is 0 Å². The second-order valence-corrected chi connectivity index (χ2v) is 6.34. The Balaban J connectivity index is 1.69. The van der Waals surface area contributed by atoms with Crippen molar-refractivity contribution < 1.29 is 4.79 Å². The Morgan fingerprint density at radius 3 is 2.81 bits per heavy atom. The van der Waals surface area contributed by atoms with Gasteiger partial charge in [-0.15, -0.1) is 0 Å². The van der Waals surface area contributed by atoms with Crippen molar-refractivity contribution in [2.24, 2.45) is 0 Å². The molecule has 0 fully saturated rings. The molecule has 1 atom stereocenters. The van der Waals surface area contributed by atoms with Crippen LogP contribution < -0.4 is 10.6 Å². The summed E-state index contributed by atoms with van der Waals surface area (Å²) >= 11 is 0. The normalized spacial score (nSPS) is 11.8. The average molecular weight is 365 g/mol. The van der Waals surface area contributed by atoms with Crippen LogP contribution in [0.2, 0.25) is 0 Å². The summed E-state index contributed by atoms with van der Waals surface area (Å²) in [7, 11) is 0. The zero-order valence-corrected chi connectivity index (χ0v) is 15.7. The summed E-state index contributed by atoms with van der Waals surface area (Å²) in [6.45, 7) is 6.37. The number of hydrogen-bond acceptors (Lipinski definition) is 6. The van der Waals surface area contributed by atoms with Gasteiger partial charge in [0.25, 0.3) is 5.91 Å². The molecule has 3 N–H and O–H groups in total. The van der Waals surface area contributed by atoms with E-state index in [0.717, 1.165) is 28.9 Å². The van der Waals surface area contributed by atoms with Crippen LogP contribution in [0.4, 0.5) is 5.82 Å². The summed E-state index contributed by atoms with van der Waals surface area (Å²) in [5.74, 6) is 0.488. The lowest BCUT2D eigenvalue weighted by atomic mass is 10.2. The van der Waals surface area contributed by atoms with Crippen molar-refractivity contribution in [1.29, 1.82) is 0 Å². The van der Waals surface area contributed by atoms with Crippen LogP contribution in [0.3, 0.4) is 0 Å². The van der Waals surface area contributed by atoms with E-state index in [1.807, 2.05) is 45.2 Å². The van der Waals surface area contributed by atoms with Gasteiger partial charge in [0.15, 0.2) is 0 Å². The molecular weight excluding hydrogens is 342 g/mol. The van der Waals surface area contributed by atoms with Gasteiger partial charge >= 0.3 is 0 Å². The number of amides is 1. The maximum absolute atomic E-state index is 12.6. The van der Waals surface area contributed by atoms with E-state index in [9.17, 15) is 4.79 Å². The molecule has 0 aromatic carbocycles. The number of pyridine rings is 1. The zero-order chi connectivity index (χ0) is 19.2. The van der Waals surface area contributed by atoms with Crippen LogP contribution in [0.15, 0.2) is 36.8 Å². The number of anilines is 1. The summed E-state index contributed by atoms with van der Waals surface area (Å²) in [5, 5.41) is 12.9. The standard InChI is InChI=1S/C19H23N7O/c1-12-13(2)24-18(19(27)25-14(3)16-6-4-5-8-20-16)26-17(12)21-9-7-15-10-22-23-11-15/h4-6,8,10-11,14H,7,9H2,1-3H3,(H,22,23)(H,25,27)(H,21,24,26)/t14-/m0/s1. The van der Waals surface area contributed by atoms with Gasteiger partial charge in [-0.2, -0.15) is 5.10 Å². The minimum absolute atomic E-state index is 0.145. The lowest BCUT2D eigenvalue weighted by Crippen LogP contribution is -2.29. The maximum atomic E-state index is 12.6. The van der Waals surface area contributed by atoms with Crippen molar-refractivity contribution in [3.8, 4) is 0 Å². The Morgan fingerprint density at radius 1 is 1.26 bits per heavy atom. The summed E-state index contributed by atoms with van der Waals surface area (Å²) in [5.41, 5.74) is 3.59. The summed E-state index contributed by atoms with van der Waals surface area (Å²) in [4.78, 5) is 25.6. The fraction of sp³-hybridized carbons (Fsp3) is 0.316. The SMILES string of the molecule is Cc1nc(C(=O)N[C@@H](C)c2ccccn2)nc(NCCc2cn[nH]c2)c1C. The Morgan fingerprint density at radius 2 is 2.11 bits per heavy atom. The van der Waals surface area contributed by atoms with Crippen LogP contribution in [-0.4, -0.2) is 37.6 Å². The van der Waals surface area contributed by atoms with Crippen molar-refractivity contribution in [1.82, 2.24) is 30.5 Å². The molecule has 3 aromatic rings. The highest BCUT2D eigenvalue weighted by molar-refractivity contribution is 5.91. The number of aromatic nitrogens is 5. The first-order valence-electron chi connectivity index (χ1n) is 8.83. The van der Waals surface area contributed by atoms with E-state index in [1.165, 1.54) is 0 Å². The monoisotopic (exact) mass is 365 g/mol. The lowest BCUT2D eigenvalue weighted by molar-refractivity contribution is 0.0928. The van der Waals surface area contributed by atoms with Crippen molar-refractivity contribution in [2.45, 2.75) is 33.2 Å². The molecule has 3 aromatic heterocycles. The van der Waals surface area contributed by atoms with Crippen molar-refractivity contribution in [3.05, 3.63) is 65.1 Å². The third kappa shape index (κ3) is 4.66. The molecule has 0 spiro atoms. The van der Waals surface area contributed by atoms with E-state index in [-0.39, 0.29) is 17.8 Å². The smallest absolute Gasteiger partial charge is 0.289 e. The number of carbonyl (C=O) groups is 1. The van der Waals surface area contributed by atoms with Crippen LogP contribution in [0.1, 0.15) is 46.1 Å². The second-order valence-electron chi connectivity index (χ2n) is 6.34. The van der Waals surface area contributed by atoms with Crippen LogP contribution in [0.5, 0.6) is 0 Å². The summed E-state index contributed by atoms with van der Waals surface area (Å²) in [6, 6.07) is 5.36. The van der Waals surface area contributed by atoms with Crippen LogP contribution >= 0.6 is 0 Å². The highest BCUT2D eigenvalue weighted by Gasteiger charge is 2.17. The van der Waals surface area contributed by atoms with Gasteiger partial charge in [0.05, 0.1) is 17.9 Å². The molecule has 0 saturated carbocycles. The van der Waals surface area contributed by atoms with E-state index < -0.39 is 0 Å². The first kappa shape index (κ1) is 18.5. The molecule has 8 heteroatoms. The van der Waals surface area contributed by atoms with Gasteiger partial charge < -0.3 is 10.6 Å². The van der Waals surface area contributed by atoms with E-state index in [0.29, 0.717) is 12.4 Å². The van der Waals surface area contributed by atoms with Crippen molar-refractivity contribution in [2.75, 3.05) is 11.9 Å². The summed E-state index contributed by atoms with van der Waals surface area (Å²) < 4.78 is 0. The van der Waals surface area contributed by atoms with E-state index in [2.05, 4.69) is 35.8 Å². The Hall–Kier alpha value is -3.29. The van der Waals surface area contributed by atoms with Crippen LogP contribution in [-0.2, 0) is 6.42 Å². The van der Waals surface area contributed by atoms with Gasteiger partial charge in [-0.3, -0.25) is 14.9 Å². The topological polar surface area (TPSA) is 108 Å². The third-order valence-corrected chi connectivity index (χ3v) is 4.33. The van der Waals surface area contributed by atoms with E-state index in [4.69, 9.17) is 0 Å². The van der Waals surface area contributed by atoms with E-state index in [1.54, 1.807) is 12.4 Å². The maximum Gasteiger partial charge on any atom is 0.289 e. The molecule has 3 heterocycles. The molecule has 140 valence electrons. The van der Waals surface area contributed by atoms with Gasteiger partial charge in [-0.05, 0) is 44.9 Å². The zero-order valence-electron chi connectivity index (χ0n) is 15.7. The minimum atomic E-state index is -0.325. The van der Waals surface area contributed by atoms with Gasteiger partial charge in [0.2, 0.25) is 5.82 Å². The number of H-pyrrole nitrogens is 1. The molecular formula is C19H23N7O. The van der Waals surface area contributed by atoms with Gasteiger partial charge in [0, 0.05) is 30.2 Å². The van der Waals surface area contributed by atoms with Crippen molar-refractivity contribution in [3.63, 3.8) is 0 Å². The molecule has 0 aliphatic heterocycles. The molecule has 0 saturated heterocycles. The number of hydrogen-bond donors (Lipinski definition) is 3. The number of nitrogens with one attached hydrogen (secondary N) is 3. The number of nitrogens with zero attached hydrogens (tertiary/aromatic N) is 4. The van der Waals surface area contributed by atoms with Gasteiger partial charge in [-0.25, -0.2) is 9.97 Å². The molecule has 0 aliphatic carbocycles. The lowest BCUT2D eigenvalue weighted by Gasteiger charge is -2.15. The molecule has 1 amide bonds. The quantitative estimate of drug-likeness (QED) is 0.593. The third-order valence-electron chi connectivity index (χ3n) is 4.33. The number of aryl methyl sites for hydroxylation is 1. The Bertz CT molecular complexity index is 894. The first-order valence-corrected chi connectivity index (χ1v) is 8.83. The van der Waals surface area contributed by atoms with Gasteiger partial charge in [0.1, 0.15) is 5.82 Å². The predicted octanol–water partition coefficient (Wildman–Crippen LogP) is 2.36. The molecule has 0 radical (unpaired) electrons. The fourth-order valence-corrected chi connectivity index (χ4v) is 2.61. The van der Waals surface area contributed by atoms with E-state index >= 15 is 0 Å². The minimum Gasteiger partial charge on any atom is -0.369 e. The number of rotatable bonds is 7. The van der Waals surface area contributed by atoms with Gasteiger partial charge in [-0.1, -0.05) is 6.07 Å². The highest BCUT2D eigenvalue weighted by atomic mass is 16.2. The average Bonchev–Trinajstić information content (AvgIpc) is 3.19. The van der Waals surface area contributed by atoms with Crippen LogP contribution in [0, 0.1) is 13.8 Å². The largest absolute Gasteiger partial charge is 0.369 e. The number of aromatic amines is 1. The summed E-state index contributed by atoms with van der Waals surface area (Å²) in [6.07, 6.45) is 6.15. The number of carbonyl (C=O) groups excluding carboxylic acids is 1. The molecule has 0 aliphatic rings. The predicted molar refractivity (Wildman–Crippen MR) is 102 cm³/mol. The highest BCUT2D eigenvalue weighted by Crippen LogP contribution is 2.16. The molecule has 8 nitrogen and oxygen atoms in total. The molecule has 0 unspecified atom stereocenters. The Kier molecular flexibility index (Phi) is 5.75. The molecule has 0 bridgehead atoms. The Labute approximate surface area is 157 Å². The fourth-order valence-electron chi connectivity index (χ4n) is 2.61. The first-order chi connectivity index (χ1) is 13.0. The van der Waals surface area contributed by atoms with Crippen molar-refractivity contribution >= 4 is 11.7 Å².